The van der Waals surface area contributed by atoms with Crippen molar-refractivity contribution >= 4 is 40.8 Å². The third-order valence-electron chi connectivity index (χ3n) is 2.52. The predicted octanol–water partition coefficient (Wildman–Crippen LogP) is 5.17. The van der Waals surface area contributed by atoms with Gasteiger partial charge in [-0.3, -0.25) is 0 Å². The molecule has 0 saturated carbocycles. The zero-order valence-corrected chi connectivity index (χ0v) is 12.2. The van der Waals surface area contributed by atoms with Gasteiger partial charge in [-0.1, -0.05) is 53.0 Å². The van der Waals surface area contributed by atoms with Gasteiger partial charge in [0.1, 0.15) is 0 Å². The smallest absolute Gasteiger partial charge is 0.343 e. The first-order valence-corrected chi connectivity index (χ1v) is 6.55. The van der Waals surface area contributed by atoms with Crippen molar-refractivity contribution in [3.63, 3.8) is 0 Å². The summed E-state index contributed by atoms with van der Waals surface area (Å²) in [4.78, 5) is 12.1. The minimum Gasteiger partial charge on any atom is -0.420 e. The molecular weight excluding hydrogens is 307 g/mol. The van der Waals surface area contributed by atoms with Gasteiger partial charge in [0.05, 0.1) is 15.6 Å². The van der Waals surface area contributed by atoms with Gasteiger partial charge in [0.25, 0.3) is 0 Å². The van der Waals surface area contributed by atoms with Crippen molar-refractivity contribution in [2.75, 3.05) is 0 Å². The van der Waals surface area contributed by atoms with E-state index in [9.17, 15) is 4.79 Å². The second kappa shape index (κ2) is 5.83. The van der Waals surface area contributed by atoms with Gasteiger partial charge in [-0.05, 0) is 30.7 Å². The van der Waals surface area contributed by atoms with Crippen LogP contribution in [0.3, 0.4) is 0 Å². The summed E-state index contributed by atoms with van der Waals surface area (Å²) in [7, 11) is 0. The number of carbonyl (C=O) groups excluding carboxylic acids is 1. The Kier molecular flexibility index (Phi) is 4.35. The van der Waals surface area contributed by atoms with Crippen molar-refractivity contribution in [2.24, 2.45) is 0 Å². The van der Waals surface area contributed by atoms with E-state index in [0.29, 0.717) is 10.6 Å². The molecule has 2 nitrogen and oxygen atoms in total. The van der Waals surface area contributed by atoms with Crippen LogP contribution in [0.15, 0.2) is 36.4 Å². The maximum absolute atomic E-state index is 12.1. The lowest BCUT2D eigenvalue weighted by atomic mass is 10.1. The highest BCUT2D eigenvalue weighted by atomic mass is 35.5. The molecule has 0 radical (unpaired) electrons. The number of benzene rings is 2. The average molecular weight is 316 g/mol. The van der Waals surface area contributed by atoms with Gasteiger partial charge in [0.15, 0.2) is 5.75 Å². The summed E-state index contributed by atoms with van der Waals surface area (Å²) < 4.78 is 5.24. The molecule has 0 aliphatic heterocycles. The molecule has 0 heterocycles. The Morgan fingerprint density at radius 1 is 1.05 bits per heavy atom. The Morgan fingerprint density at radius 2 is 1.63 bits per heavy atom. The standard InChI is InChI=1S/C14H9Cl3O2/c1-8-4-2-3-5-10(8)14(18)19-13-11(16)6-9(15)7-12(13)17/h2-7H,1H3. The summed E-state index contributed by atoms with van der Waals surface area (Å²) >= 11 is 17.7. The highest BCUT2D eigenvalue weighted by Gasteiger charge is 2.16. The van der Waals surface area contributed by atoms with Crippen molar-refractivity contribution < 1.29 is 9.53 Å². The summed E-state index contributed by atoms with van der Waals surface area (Å²) in [6.45, 7) is 1.82. The number of hydrogen-bond donors (Lipinski definition) is 0. The quantitative estimate of drug-likeness (QED) is 0.564. The van der Waals surface area contributed by atoms with Crippen LogP contribution in [-0.4, -0.2) is 5.97 Å². The Morgan fingerprint density at radius 3 is 2.21 bits per heavy atom. The first-order chi connectivity index (χ1) is 8.99. The number of hydrogen-bond acceptors (Lipinski definition) is 2. The molecule has 0 amide bonds. The SMILES string of the molecule is Cc1ccccc1C(=O)Oc1c(Cl)cc(Cl)cc1Cl. The molecule has 0 N–H and O–H groups in total. The van der Waals surface area contributed by atoms with Crippen LogP contribution >= 0.6 is 34.8 Å². The van der Waals surface area contributed by atoms with Gasteiger partial charge in [0, 0.05) is 5.02 Å². The molecule has 0 atom stereocenters. The molecule has 19 heavy (non-hydrogen) atoms. The van der Waals surface area contributed by atoms with E-state index >= 15 is 0 Å². The van der Waals surface area contributed by atoms with Crippen LogP contribution in [0.2, 0.25) is 15.1 Å². The Hall–Kier alpha value is -1.22. The molecule has 98 valence electrons. The fourth-order valence-corrected chi connectivity index (χ4v) is 2.47. The highest BCUT2D eigenvalue weighted by molar-refractivity contribution is 6.40. The largest absolute Gasteiger partial charge is 0.420 e. The zero-order valence-electron chi connectivity index (χ0n) is 9.91. The van der Waals surface area contributed by atoms with Gasteiger partial charge >= 0.3 is 5.97 Å². The van der Waals surface area contributed by atoms with Crippen LogP contribution in [0.4, 0.5) is 0 Å². The van der Waals surface area contributed by atoms with Gasteiger partial charge in [-0.15, -0.1) is 0 Å². The van der Waals surface area contributed by atoms with Crippen LogP contribution in [0.25, 0.3) is 0 Å². The van der Waals surface area contributed by atoms with E-state index in [4.69, 9.17) is 39.5 Å². The molecule has 0 aliphatic rings. The molecule has 0 spiro atoms. The number of rotatable bonds is 2. The van der Waals surface area contributed by atoms with Gasteiger partial charge in [-0.2, -0.15) is 0 Å². The summed E-state index contributed by atoms with van der Waals surface area (Å²) in [6, 6.07) is 10.0. The Balaban J connectivity index is 2.32. The van der Waals surface area contributed by atoms with E-state index < -0.39 is 5.97 Å². The van der Waals surface area contributed by atoms with E-state index in [0.717, 1.165) is 5.56 Å². The van der Waals surface area contributed by atoms with E-state index in [1.165, 1.54) is 12.1 Å². The zero-order chi connectivity index (χ0) is 14.0. The first-order valence-electron chi connectivity index (χ1n) is 5.41. The molecule has 2 aromatic carbocycles. The molecule has 2 rings (SSSR count). The van der Waals surface area contributed by atoms with Crippen LogP contribution in [0.1, 0.15) is 15.9 Å². The lowest BCUT2D eigenvalue weighted by molar-refractivity contribution is 0.0734. The first kappa shape index (κ1) is 14.2. The average Bonchev–Trinajstić information content (AvgIpc) is 2.34. The predicted molar refractivity (Wildman–Crippen MR) is 77.6 cm³/mol. The third kappa shape index (κ3) is 3.21. The van der Waals surface area contributed by atoms with E-state index in [2.05, 4.69) is 0 Å². The lowest BCUT2D eigenvalue weighted by Crippen LogP contribution is -2.10. The highest BCUT2D eigenvalue weighted by Crippen LogP contribution is 2.36. The van der Waals surface area contributed by atoms with Gasteiger partial charge in [0.2, 0.25) is 0 Å². The molecule has 0 fully saturated rings. The van der Waals surface area contributed by atoms with E-state index in [1.54, 1.807) is 12.1 Å². The molecular formula is C14H9Cl3O2. The normalized spacial score (nSPS) is 10.3. The van der Waals surface area contributed by atoms with Crippen molar-refractivity contribution in [3.05, 3.63) is 62.6 Å². The van der Waals surface area contributed by atoms with Crippen molar-refractivity contribution in [2.45, 2.75) is 6.92 Å². The number of halogens is 3. The Bertz CT molecular complexity index is 615. The van der Waals surface area contributed by atoms with Crippen LogP contribution < -0.4 is 4.74 Å². The summed E-state index contributed by atoms with van der Waals surface area (Å²) in [5.41, 5.74) is 1.28. The molecule has 0 unspecified atom stereocenters. The minimum absolute atomic E-state index is 0.112. The number of carbonyl (C=O) groups is 1. The summed E-state index contributed by atoms with van der Waals surface area (Å²) in [5.74, 6) is -0.398. The lowest BCUT2D eigenvalue weighted by Gasteiger charge is -2.10. The van der Waals surface area contributed by atoms with E-state index in [1.807, 2.05) is 19.1 Å². The molecule has 5 heteroatoms. The van der Waals surface area contributed by atoms with Crippen LogP contribution in [0.5, 0.6) is 5.75 Å². The second-order valence-corrected chi connectivity index (χ2v) is 5.15. The maximum Gasteiger partial charge on any atom is 0.343 e. The second-order valence-electron chi connectivity index (χ2n) is 3.90. The van der Waals surface area contributed by atoms with Gasteiger partial charge in [-0.25, -0.2) is 4.79 Å². The van der Waals surface area contributed by atoms with Crippen molar-refractivity contribution in [1.82, 2.24) is 0 Å². The summed E-state index contributed by atoms with van der Waals surface area (Å²) in [6.07, 6.45) is 0. The molecule has 2 aromatic rings. The summed E-state index contributed by atoms with van der Waals surface area (Å²) in [5, 5.41) is 0.768. The number of aryl methyl sites for hydroxylation is 1. The molecule has 0 bridgehead atoms. The topological polar surface area (TPSA) is 26.3 Å². The third-order valence-corrected chi connectivity index (χ3v) is 3.30. The maximum atomic E-state index is 12.1. The fraction of sp³-hybridized carbons (Fsp3) is 0.0714. The van der Waals surface area contributed by atoms with Gasteiger partial charge < -0.3 is 4.74 Å². The molecule has 0 aromatic heterocycles. The van der Waals surface area contributed by atoms with Crippen LogP contribution in [0, 0.1) is 6.92 Å². The fourth-order valence-electron chi connectivity index (χ4n) is 1.58. The van der Waals surface area contributed by atoms with Crippen LogP contribution in [-0.2, 0) is 0 Å². The number of ether oxygens (including phenoxy) is 1. The Labute approximate surface area is 125 Å². The minimum atomic E-state index is -0.510. The molecule has 0 aliphatic carbocycles. The van der Waals surface area contributed by atoms with E-state index in [-0.39, 0.29) is 15.8 Å². The molecule has 0 saturated heterocycles. The van der Waals surface area contributed by atoms with Crippen molar-refractivity contribution in [1.29, 1.82) is 0 Å². The number of esters is 1. The van der Waals surface area contributed by atoms with Crippen molar-refractivity contribution in [3.8, 4) is 5.75 Å². The monoisotopic (exact) mass is 314 g/mol.